The van der Waals surface area contributed by atoms with Gasteiger partial charge in [0.1, 0.15) is 5.75 Å². The molecule has 1 unspecified atom stereocenters. The molecule has 0 saturated carbocycles. The molecule has 0 bridgehead atoms. The molecule has 2 aliphatic rings. The van der Waals surface area contributed by atoms with Gasteiger partial charge in [0.05, 0.1) is 12.8 Å². The summed E-state index contributed by atoms with van der Waals surface area (Å²) in [5, 5.41) is 6.21. The van der Waals surface area contributed by atoms with Crippen LogP contribution in [0.4, 0.5) is 5.69 Å². The number of likely N-dealkylation sites (tertiary alicyclic amines) is 1. The Morgan fingerprint density at radius 3 is 2.60 bits per heavy atom. The highest BCUT2D eigenvalue weighted by Crippen LogP contribution is 2.32. The van der Waals surface area contributed by atoms with Crippen molar-refractivity contribution in [3.05, 3.63) is 24.3 Å². The van der Waals surface area contributed by atoms with E-state index in [2.05, 4.69) is 39.5 Å². The van der Waals surface area contributed by atoms with E-state index in [1.165, 1.54) is 5.69 Å². The summed E-state index contributed by atoms with van der Waals surface area (Å²) in [6.45, 7) is 7.81. The van der Waals surface area contributed by atoms with Crippen LogP contribution in [0, 0.1) is 11.8 Å². The average molecular weight is 416 g/mol. The Bertz CT molecular complexity index is 715. The number of guanidine groups is 1. The van der Waals surface area contributed by atoms with Crippen molar-refractivity contribution in [3.63, 3.8) is 0 Å². The van der Waals surface area contributed by atoms with E-state index in [4.69, 9.17) is 9.73 Å². The topological polar surface area (TPSA) is 69.2 Å². The van der Waals surface area contributed by atoms with Crippen molar-refractivity contribution in [3.8, 4) is 5.75 Å². The molecule has 2 aliphatic heterocycles. The lowest BCUT2D eigenvalue weighted by atomic mass is 9.93. The zero-order chi connectivity index (χ0) is 21.3. The molecule has 30 heavy (non-hydrogen) atoms. The second-order valence-electron chi connectivity index (χ2n) is 8.27. The number of amides is 1. The number of methoxy groups -OCH3 is 1. The largest absolute Gasteiger partial charge is 0.495 e. The van der Waals surface area contributed by atoms with Gasteiger partial charge in [-0.15, -0.1) is 0 Å². The molecule has 1 aromatic carbocycles. The highest BCUT2D eigenvalue weighted by Gasteiger charge is 2.26. The number of carbonyl (C=O) groups excluding carboxylic acids is 1. The molecule has 7 heteroatoms. The quantitative estimate of drug-likeness (QED) is 0.528. The molecule has 0 aromatic heterocycles. The third-order valence-corrected chi connectivity index (χ3v) is 6.21. The number of para-hydroxylation sites is 2. The van der Waals surface area contributed by atoms with E-state index < -0.39 is 0 Å². The van der Waals surface area contributed by atoms with Gasteiger partial charge >= 0.3 is 0 Å². The van der Waals surface area contributed by atoms with Crippen molar-refractivity contribution in [1.82, 2.24) is 15.5 Å². The Hall–Kier alpha value is -2.44. The first-order valence-electron chi connectivity index (χ1n) is 11.3. The molecule has 7 nitrogen and oxygen atoms in total. The van der Waals surface area contributed by atoms with E-state index in [0.717, 1.165) is 70.2 Å². The molecule has 0 radical (unpaired) electrons. The third-order valence-electron chi connectivity index (χ3n) is 6.21. The van der Waals surface area contributed by atoms with Crippen LogP contribution in [0.1, 0.15) is 32.6 Å². The molecule has 2 saturated heterocycles. The molecular formula is C23H37N5O2. The highest BCUT2D eigenvalue weighted by atomic mass is 16.5. The van der Waals surface area contributed by atoms with Crippen molar-refractivity contribution < 1.29 is 9.53 Å². The fourth-order valence-electron chi connectivity index (χ4n) is 4.45. The lowest BCUT2D eigenvalue weighted by Crippen LogP contribution is -2.46. The van der Waals surface area contributed by atoms with E-state index in [1.807, 2.05) is 12.1 Å². The summed E-state index contributed by atoms with van der Waals surface area (Å²) in [5.74, 6) is 3.14. The lowest BCUT2D eigenvalue weighted by Gasteiger charge is -2.34. The Morgan fingerprint density at radius 1 is 1.17 bits per heavy atom. The molecule has 2 heterocycles. The number of hydrogen-bond donors (Lipinski definition) is 2. The van der Waals surface area contributed by atoms with Gasteiger partial charge in [-0.3, -0.25) is 9.79 Å². The van der Waals surface area contributed by atoms with Gasteiger partial charge in [-0.25, -0.2) is 0 Å². The minimum atomic E-state index is 0.148. The number of rotatable bonds is 7. The Kier molecular flexibility index (Phi) is 8.22. The van der Waals surface area contributed by atoms with Gasteiger partial charge in [-0.1, -0.05) is 12.1 Å². The normalized spacial score (nSPS) is 20.4. The predicted octanol–water partition coefficient (Wildman–Crippen LogP) is 2.34. The van der Waals surface area contributed by atoms with Crippen LogP contribution in [0.3, 0.4) is 0 Å². The van der Waals surface area contributed by atoms with Crippen LogP contribution < -0.4 is 20.3 Å². The van der Waals surface area contributed by atoms with Crippen LogP contribution >= 0.6 is 0 Å². The average Bonchev–Trinajstić information content (AvgIpc) is 3.26. The zero-order valence-electron chi connectivity index (χ0n) is 18.7. The van der Waals surface area contributed by atoms with Crippen LogP contribution in [0.2, 0.25) is 0 Å². The zero-order valence-corrected chi connectivity index (χ0v) is 18.7. The maximum atomic E-state index is 11.6. The van der Waals surface area contributed by atoms with E-state index in [1.54, 1.807) is 14.2 Å². The maximum absolute atomic E-state index is 11.6. The van der Waals surface area contributed by atoms with Crippen LogP contribution in [-0.2, 0) is 4.79 Å². The summed E-state index contributed by atoms with van der Waals surface area (Å²) < 4.78 is 5.53. The Labute approximate surface area is 180 Å². The van der Waals surface area contributed by atoms with Gasteiger partial charge in [-0.05, 0) is 50.2 Å². The number of benzene rings is 1. The summed E-state index contributed by atoms with van der Waals surface area (Å²) >= 11 is 0. The van der Waals surface area contributed by atoms with Crippen LogP contribution in [0.25, 0.3) is 0 Å². The van der Waals surface area contributed by atoms with E-state index in [0.29, 0.717) is 18.3 Å². The van der Waals surface area contributed by atoms with Gasteiger partial charge in [0.2, 0.25) is 5.91 Å². The van der Waals surface area contributed by atoms with Crippen molar-refractivity contribution in [2.45, 2.75) is 32.6 Å². The van der Waals surface area contributed by atoms with Gasteiger partial charge in [0.15, 0.2) is 5.96 Å². The first kappa shape index (κ1) is 22.2. The van der Waals surface area contributed by atoms with E-state index >= 15 is 0 Å². The molecule has 3 rings (SSSR count). The van der Waals surface area contributed by atoms with Crippen molar-refractivity contribution in [2.24, 2.45) is 16.8 Å². The minimum absolute atomic E-state index is 0.148. The number of aliphatic imine (C=N–C) groups is 1. The minimum Gasteiger partial charge on any atom is -0.495 e. The lowest BCUT2D eigenvalue weighted by molar-refractivity contribution is -0.121. The number of anilines is 1. The molecule has 166 valence electrons. The number of piperidine rings is 1. The van der Waals surface area contributed by atoms with Crippen molar-refractivity contribution in [2.75, 3.05) is 58.3 Å². The predicted molar refractivity (Wildman–Crippen MR) is 122 cm³/mol. The summed E-state index contributed by atoms with van der Waals surface area (Å²) in [4.78, 5) is 21.4. The number of hydrogen-bond acceptors (Lipinski definition) is 4. The third kappa shape index (κ3) is 5.80. The smallest absolute Gasteiger partial charge is 0.220 e. The second-order valence-corrected chi connectivity index (χ2v) is 8.27. The van der Waals surface area contributed by atoms with Crippen LogP contribution in [-0.4, -0.2) is 70.2 Å². The number of ether oxygens (including phenoxy) is 1. The fraction of sp³-hybridized carbons (Fsp3) is 0.652. The molecule has 0 spiro atoms. The second kappa shape index (κ2) is 11.1. The first-order chi connectivity index (χ1) is 14.6. The molecule has 1 atom stereocenters. The molecular weight excluding hydrogens is 378 g/mol. The monoisotopic (exact) mass is 415 g/mol. The SMILES string of the molecule is CCNC(=NCC1CCN(c2ccccc2OC)C1)N1CCC(CC(=O)NC)CC1. The molecule has 2 fully saturated rings. The fourth-order valence-corrected chi connectivity index (χ4v) is 4.45. The van der Waals surface area contributed by atoms with E-state index in [9.17, 15) is 4.79 Å². The summed E-state index contributed by atoms with van der Waals surface area (Å²) in [6.07, 6.45) is 3.87. The van der Waals surface area contributed by atoms with Gasteiger partial charge in [-0.2, -0.15) is 0 Å². The van der Waals surface area contributed by atoms with E-state index in [-0.39, 0.29) is 5.91 Å². The number of carbonyl (C=O) groups is 1. The number of nitrogens with one attached hydrogen (secondary N) is 2. The standard InChI is InChI=1S/C23H37N5O2/c1-4-25-23(27-12-9-18(10-13-27)15-22(29)24-2)26-16-19-11-14-28(17-19)20-7-5-6-8-21(20)30-3/h5-8,18-19H,4,9-17H2,1-3H3,(H,24,29)(H,25,26). The summed E-state index contributed by atoms with van der Waals surface area (Å²) in [6, 6.07) is 8.25. The van der Waals surface area contributed by atoms with Gasteiger partial charge in [0.25, 0.3) is 0 Å². The first-order valence-corrected chi connectivity index (χ1v) is 11.3. The van der Waals surface area contributed by atoms with Crippen molar-refractivity contribution in [1.29, 1.82) is 0 Å². The number of nitrogens with zero attached hydrogens (tertiary/aromatic N) is 3. The maximum Gasteiger partial charge on any atom is 0.220 e. The Balaban J connectivity index is 1.53. The highest BCUT2D eigenvalue weighted by molar-refractivity contribution is 5.80. The molecule has 1 amide bonds. The van der Waals surface area contributed by atoms with Gasteiger partial charge < -0.3 is 25.2 Å². The summed E-state index contributed by atoms with van der Waals surface area (Å²) in [5.41, 5.74) is 1.18. The van der Waals surface area contributed by atoms with Crippen LogP contribution in [0.15, 0.2) is 29.3 Å². The molecule has 0 aliphatic carbocycles. The van der Waals surface area contributed by atoms with Crippen molar-refractivity contribution >= 4 is 17.6 Å². The van der Waals surface area contributed by atoms with Gasteiger partial charge in [0, 0.05) is 52.7 Å². The molecule has 1 aromatic rings. The summed E-state index contributed by atoms with van der Waals surface area (Å²) in [7, 11) is 3.45. The molecule has 2 N–H and O–H groups in total. The van der Waals surface area contributed by atoms with Crippen LogP contribution in [0.5, 0.6) is 5.75 Å². The Morgan fingerprint density at radius 2 is 1.90 bits per heavy atom.